The lowest BCUT2D eigenvalue weighted by Gasteiger charge is -2.33. The second kappa shape index (κ2) is 10.4. The van der Waals surface area contributed by atoms with Gasteiger partial charge in [0.1, 0.15) is 0 Å². The number of hydrogen-bond donors (Lipinski definition) is 2. The molecule has 0 spiro atoms. The van der Waals surface area contributed by atoms with Gasteiger partial charge in [-0.1, -0.05) is 44.2 Å². The highest BCUT2D eigenvalue weighted by atomic mass is 35.5. The summed E-state index contributed by atoms with van der Waals surface area (Å²) in [4.78, 5) is 26.4. The van der Waals surface area contributed by atoms with Gasteiger partial charge in [0.2, 0.25) is 11.8 Å². The van der Waals surface area contributed by atoms with Gasteiger partial charge < -0.3 is 16.0 Å². The van der Waals surface area contributed by atoms with Crippen molar-refractivity contribution in [2.45, 2.75) is 45.7 Å². The smallest absolute Gasteiger partial charge is 0.239 e. The van der Waals surface area contributed by atoms with Crippen LogP contribution in [0.15, 0.2) is 30.3 Å². The van der Waals surface area contributed by atoms with Crippen LogP contribution < -0.4 is 11.1 Å². The van der Waals surface area contributed by atoms with E-state index in [0.29, 0.717) is 44.8 Å². The van der Waals surface area contributed by atoms with Crippen molar-refractivity contribution in [3.63, 3.8) is 0 Å². The number of nitrogens with one attached hydrogen (secondary N) is 1. The van der Waals surface area contributed by atoms with Crippen LogP contribution in [0.1, 0.15) is 38.7 Å². The molecule has 2 amide bonds. The molecule has 0 bridgehead atoms. The molecule has 1 aromatic rings. The summed E-state index contributed by atoms with van der Waals surface area (Å²) < 4.78 is 0. The van der Waals surface area contributed by atoms with Gasteiger partial charge >= 0.3 is 0 Å². The molecule has 0 unspecified atom stereocenters. The molecule has 1 heterocycles. The number of hydrogen-bond acceptors (Lipinski definition) is 3. The van der Waals surface area contributed by atoms with Crippen molar-refractivity contribution < 1.29 is 9.59 Å². The minimum atomic E-state index is -0.423. The Morgan fingerprint density at radius 2 is 1.80 bits per heavy atom. The van der Waals surface area contributed by atoms with Crippen LogP contribution in [0.25, 0.3) is 0 Å². The Balaban J connectivity index is 0.00000312. The normalized spacial score (nSPS) is 16.2. The van der Waals surface area contributed by atoms with Gasteiger partial charge in [-0.3, -0.25) is 9.59 Å². The largest absolute Gasteiger partial charge is 0.352 e. The average molecular weight is 368 g/mol. The Morgan fingerprint density at radius 1 is 1.20 bits per heavy atom. The topological polar surface area (TPSA) is 75.4 Å². The molecule has 5 nitrogen and oxygen atoms in total. The molecule has 1 saturated heterocycles. The molecule has 0 radical (unpaired) electrons. The molecule has 1 fully saturated rings. The Hall–Kier alpha value is -1.59. The summed E-state index contributed by atoms with van der Waals surface area (Å²) >= 11 is 0. The van der Waals surface area contributed by atoms with E-state index in [1.54, 1.807) is 0 Å². The third-order valence-corrected chi connectivity index (χ3v) is 4.53. The van der Waals surface area contributed by atoms with Crippen LogP contribution >= 0.6 is 12.4 Å². The first-order valence-electron chi connectivity index (χ1n) is 8.83. The maximum absolute atomic E-state index is 12.3. The van der Waals surface area contributed by atoms with Gasteiger partial charge in [0.15, 0.2) is 0 Å². The molecule has 1 aliphatic rings. The quantitative estimate of drug-likeness (QED) is 0.810. The summed E-state index contributed by atoms with van der Waals surface area (Å²) in [6.07, 6.45) is 2.12. The molecule has 0 aliphatic carbocycles. The summed E-state index contributed by atoms with van der Waals surface area (Å²) in [6.45, 7) is 5.92. The second-order valence-corrected chi connectivity index (χ2v) is 7.04. The monoisotopic (exact) mass is 367 g/mol. The van der Waals surface area contributed by atoms with E-state index in [9.17, 15) is 9.59 Å². The van der Waals surface area contributed by atoms with Crippen molar-refractivity contribution in [2.24, 2.45) is 17.6 Å². The lowest BCUT2D eigenvalue weighted by atomic mass is 9.94. The van der Waals surface area contributed by atoms with E-state index in [1.807, 2.05) is 35.2 Å². The third-order valence-electron chi connectivity index (χ3n) is 4.53. The number of halogens is 1. The fraction of sp³-hybridized carbons (Fsp3) is 0.579. The maximum Gasteiger partial charge on any atom is 0.239 e. The molecular weight excluding hydrogens is 338 g/mol. The number of amides is 2. The van der Waals surface area contributed by atoms with Crippen LogP contribution in [0.2, 0.25) is 0 Å². The van der Waals surface area contributed by atoms with Crippen LogP contribution in [0.3, 0.4) is 0 Å². The molecule has 1 aromatic carbocycles. The van der Waals surface area contributed by atoms with Gasteiger partial charge in [0.25, 0.3) is 0 Å². The molecule has 1 aliphatic heterocycles. The number of nitrogens with two attached hydrogens (primary N) is 1. The van der Waals surface area contributed by atoms with Crippen LogP contribution in [-0.2, 0) is 16.1 Å². The molecule has 140 valence electrons. The molecular formula is C19H30ClN3O2. The Morgan fingerprint density at radius 3 is 2.36 bits per heavy atom. The zero-order chi connectivity index (χ0) is 17.5. The van der Waals surface area contributed by atoms with Gasteiger partial charge in [0.05, 0.1) is 6.04 Å². The fourth-order valence-electron chi connectivity index (χ4n) is 3.13. The molecule has 6 heteroatoms. The van der Waals surface area contributed by atoms with Gasteiger partial charge in [-0.2, -0.15) is 0 Å². The lowest BCUT2D eigenvalue weighted by molar-refractivity contribution is -0.137. The van der Waals surface area contributed by atoms with E-state index in [4.69, 9.17) is 5.73 Å². The predicted octanol–water partition coefficient (Wildman–Crippen LogP) is 2.34. The zero-order valence-electron chi connectivity index (χ0n) is 15.1. The van der Waals surface area contributed by atoms with Crippen molar-refractivity contribution in [2.75, 3.05) is 13.1 Å². The Labute approximate surface area is 156 Å². The number of rotatable bonds is 6. The van der Waals surface area contributed by atoms with Gasteiger partial charge in [-0.15, -0.1) is 12.4 Å². The number of carbonyl (C=O) groups excluding carboxylic acids is 2. The van der Waals surface area contributed by atoms with Crippen molar-refractivity contribution in [3.8, 4) is 0 Å². The van der Waals surface area contributed by atoms with E-state index < -0.39 is 6.04 Å². The number of benzene rings is 1. The van der Waals surface area contributed by atoms with Crippen LogP contribution in [0.4, 0.5) is 0 Å². The number of nitrogens with zero attached hydrogens (tertiary/aromatic N) is 1. The first kappa shape index (κ1) is 21.5. The molecule has 0 aromatic heterocycles. The molecule has 2 rings (SSSR count). The Kier molecular flexibility index (Phi) is 8.93. The minimum Gasteiger partial charge on any atom is -0.352 e. The fourth-order valence-corrected chi connectivity index (χ4v) is 3.13. The van der Waals surface area contributed by atoms with Gasteiger partial charge in [-0.25, -0.2) is 0 Å². The third kappa shape index (κ3) is 6.67. The number of likely N-dealkylation sites (tertiary alicyclic amines) is 1. The molecule has 1 atom stereocenters. The van der Waals surface area contributed by atoms with Crippen LogP contribution in [0.5, 0.6) is 0 Å². The maximum atomic E-state index is 12.3. The standard InChI is InChI=1S/C19H29N3O2.ClH/c1-14(2)12-17(20)19(24)22-10-8-16(9-11-22)18(23)21-13-15-6-4-3-5-7-15;/h3-7,14,16-17H,8-13,20H2,1-2H3,(H,21,23);1H/t17-;/m0./s1. The van der Waals surface area contributed by atoms with E-state index >= 15 is 0 Å². The summed E-state index contributed by atoms with van der Waals surface area (Å²) in [7, 11) is 0. The first-order valence-corrected chi connectivity index (χ1v) is 8.83. The summed E-state index contributed by atoms with van der Waals surface area (Å²) in [5.74, 6) is 0.494. The number of carbonyl (C=O) groups is 2. The summed E-state index contributed by atoms with van der Waals surface area (Å²) in [5.41, 5.74) is 7.08. The molecule has 0 saturated carbocycles. The summed E-state index contributed by atoms with van der Waals surface area (Å²) in [6, 6.07) is 9.46. The average Bonchev–Trinajstić information content (AvgIpc) is 2.59. The van der Waals surface area contributed by atoms with Crippen molar-refractivity contribution >= 4 is 24.2 Å². The summed E-state index contributed by atoms with van der Waals surface area (Å²) in [5, 5.41) is 2.99. The highest BCUT2D eigenvalue weighted by molar-refractivity contribution is 5.85. The van der Waals surface area contributed by atoms with E-state index in [0.717, 1.165) is 5.56 Å². The van der Waals surface area contributed by atoms with E-state index in [-0.39, 0.29) is 30.1 Å². The predicted molar refractivity (Wildman–Crippen MR) is 102 cm³/mol. The molecule has 3 N–H and O–H groups in total. The highest BCUT2D eigenvalue weighted by Gasteiger charge is 2.29. The minimum absolute atomic E-state index is 0. The van der Waals surface area contributed by atoms with Crippen molar-refractivity contribution in [1.82, 2.24) is 10.2 Å². The van der Waals surface area contributed by atoms with Crippen LogP contribution in [-0.4, -0.2) is 35.8 Å². The van der Waals surface area contributed by atoms with Gasteiger partial charge in [0, 0.05) is 25.6 Å². The second-order valence-electron chi connectivity index (χ2n) is 7.04. The Bertz CT molecular complexity index is 543. The van der Waals surface area contributed by atoms with Crippen molar-refractivity contribution in [3.05, 3.63) is 35.9 Å². The number of piperidine rings is 1. The SMILES string of the molecule is CC(C)C[C@H](N)C(=O)N1CCC(C(=O)NCc2ccccc2)CC1.Cl. The molecule has 25 heavy (non-hydrogen) atoms. The van der Waals surface area contributed by atoms with E-state index in [2.05, 4.69) is 19.2 Å². The van der Waals surface area contributed by atoms with E-state index in [1.165, 1.54) is 0 Å². The first-order chi connectivity index (χ1) is 11.5. The van der Waals surface area contributed by atoms with Crippen LogP contribution in [0, 0.1) is 11.8 Å². The highest BCUT2D eigenvalue weighted by Crippen LogP contribution is 2.19. The van der Waals surface area contributed by atoms with Gasteiger partial charge in [-0.05, 0) is 30.7 Å². The lowest BCUT2D eigenvalue weighted by Crippen LogP contribution is -2.49. The zero-order valence-corrected chi connectivity index (χ0v) is 15.9. The van der Waals surface area contributed by atoms with Crippen molar-refractivity contribution in [1.29, 1.82) is 0 Å².